The quantitative estimate of drug-likeness (QED) is 0.715. The second-order valence-corrected chi connectivity index (χ2v) is 9.65. The van der Waals surface area contributed by atoms with Crippen molar-refractivity contribution in [1.29, 1.82) is 0 Å². The standard InChI is InChI=1S/C19H22N2O4S2/c1-25-19(22)18-17(9-12-26-18)27(23,24)21-11-10-20(15-7-8-15)13-16(21)14-5-3-2-4-6-14/h2-6,9,12,15-16H,7-8,10-11,13H2,1H3. The van der Waals surface area contributed by atoms with E-state index in [0.29, 0.717) is 25.7 Å². The minimum absolute atomic E-state index is 0.0418. The average Bonchev–Trinajstić information content (AvgIpc) is 3.43. The summed E-state index contributed by atoms with van der Waals surface area (Å²) in [5.41, 5.74) is 0.973. The molecule has 1 aromatic heterocycles. The van der Waals surface area contributed by atoms with Gasteiger partial charge in [-0.2, -0.15) is 4.31 Å². The highest BCUT2D eigenvalue weighted by Gasteiger charge is 2.42. The molecule has 144 valence electrons. The van der Waals surface area contributed by atoms with E-state index >= 15 is 0 Å². The van der Waals surface area contributed by atoms with Gasteiger partial charge in [0.15, 0.2) is 0 Å². The van der Waals surface area contributed by atoms with E-state index in [1.54, 1.807) is 9.69 Å². The van der Waals surface area contributed by atoms with Crippen LogP contribution in [0.25, 0.3) is 0 Å². The minimum Gasteiger partial charge on any atom is -0.465 e. The van der Waals surface area contributed by atoms with Gasteiger partial charge in [-0.05, 0) is 29.9 Å². The molecule has 0 N–H and O–H groups in total. The molecule has 1 aromatic carbocycles. The lowest BCUT2D eigenvalue weighted by Crippen LogP contribution is -2.51. The van der Waals surface area contributed by atoms with Gasteiger partial charge in [0.1, 0.15) is 9.77 Å². The fraction of sp³-hybridized carbons (Fsp3) is 0.421. The first-order valence-electron chi connectivity index (χ1n) is 8.99. The highest BCUT2D eigenvalue weighted by atomic mass is 32.2. The van der Waals surface area contributed by atoms with E-state index in [1.807, 2.05) is 30.3 Å². The molecule has 4 rings (SSSR count). The summed E-state index contributed by atoms with van der Waals surface area (Å²) in [5.74, 6) is -0.614. The van der Waals surface area contributed by atoms with Crippen LogP contribution in [-0.4, -0.2) is 56.4 Å². The van der Waals surface area contributed by atoms with Crippen LogP contribution in [0, 0.1) is 0 Å². The Morgan fingerprint density at radius 1 is 1.15 bits per heavy atom. The molecule has 2 heterocycles. The van der Waals surface area contributed by atoms with Crippen LogP contribution in [0.5, 0.6) is 0 Å². The van der Waals surface area contributed by atoms with Gasteiger partial charge in [0.05, 0.1) is 13.2 Å². The Balaban J connectivity index is 1.71. The first-order chi connectivity index (χ1) is 13.0. The molecule has 6 nitrogen and oxygen atoms in total. The fourth-order valence-corrected chi connectivity index (χ4v) is 6.57. The van der Waals surface area contributed by atoms with Gasteiger partial charge in [-0.3, -0.25) is 4.90 Å². The number of rotatable bonds is 5. The summed E-state index contributed by atoms with van der Waals surface area (Å²) < 4.78 is 33.3. The first-order valence-corrected chi connectivity index (χ1v) is 11.3. The summed E-state index contributed by atoms with van der Waals surface area (Å²) >= 11 is 1.09. The second kappa shape index (κ2) is 7.35. The second-order valence-electron chi connectivity index (χ2n) is 6.87. The van der Waals surface area contributed by atoms with E-state index in [4.69, 9.17) is 4.74 Å². The van der Waals surface area contributed by atoms with E-state index in [0.717, 1.165) is 16.9 Å². The molecule has 1 aliphatic carbocycles. The van der Waals surface area contributed by atoms with Crippen LogP contribution in [0.1, 0.15) is 34.1 Å². The average molecular weight is 407 g/mol. The van der Waals surface area contributed by atoms with Gasteiger partial charge in [-0.1, -0.05) is 30.3 Å². The Kier molecular flexibility index (Phi) is 5.07. The predicted octanol–water partition coefficient (Wildman–Crippen LogP) is 2.74. The molecule has 2 aromatic rings. The molecular weight excluding hydrogens is 384 g/mol. The van der Waals surface area contributed by atoms with Crippen molar-refractivity contribution >= 4 is 27.3 Å². The maximum atomic E-state index is 13.5. The summed E-state index contributed by atoms with van der Waals surface area (Å²) in [7, 11) is -2.55. The van der Waals surface area contributed by atoms with Crippen molar-refractivity contribution in [3.8, 4) is 0 Å². The molecule has 27 heavy (non-hydrogen) atoms. The lowest BCUT2D eigenvalue weighted by molar-refractivity contribution is 0.0601. The zero-order valence-electron chi connectivity index (χ0n) is 15.1. The maximum Gasteiger partial charge on any atom is 0.349 e. The van der Waals surface area contributed by atoms with Gasteiger partial charge in [-0.15, -0.1) is 11.3 Å². The van der Waals surface area contributed by atoms with Crippen molar-refractivity contribution in [3.05, 3.63) is 52.2 Å². The van der Waals surface area contributed by atoms with E-state index in [-0.39, 0.29) is 15.8 Å². The van der Waals surface area contributed by atoms with Gasteiger partial charge in [0.25, 0.3) is 0 Å². The van der Waals surface area contributed by atoms with E-state index in [9.17, 15) is 13.2 Å². The zero-order valence-corrected chi connectivity index (χ0v) is 16.7. The molecule has 0 amide bonds. The molecule has 1 saturated carbocycles. The molecule has 1 atom stereocenters. The first kappa shape index (κ1) is 18.6. The number of piperazine rings is 1. The van der Waals surface area contributed by atoms with Gasteiger partial charge >= 0.3 is 5.97 Å². The lowest BCUT2D eigenvalue weighted by Gasteiger charge is -2.41. The molecule has 8 heteroatoms. The SMILES string of the molecule is COC(=O)c1sccc1S(=O)(=O)N1CCN(C2CC2)CC1c1ccccc1. The van der Waals surface area contributed by atoms with Crippen LogP contribution in [0.3, 0.4) is 0 Å². The molecule has 1 aliphatic heterocycles. The molecule has 1 unspecified atom stereocenters. The largest absolute Gasteiger partial charge is 0.465 e. The van der Waals surface area contributed by atoms with Crippen LogP contribution in [-0.2, 0) is 14.8 Å². The molecule has 0 spiro atoms. The molecule has 0 radical (unpaired) electrons. The maximum absolute atomic E-state index is 13.5. The highest BCUT2D eigenvalue weighted by Crippen LogP contribution is 2.37. The number of ether oxygens (including phenoxy) is 1. The van der Waals surface area contributed by atoms with Gasteiger partial charge in [0, 0.05) is 25.7 Å². The summed E-state index contributed by atoms with van der Waals surface area (Å²) in [4.78, 5) is 14.6. The van der Waals surface area contributed by atoms with E-state index in [2.05, 4.69) is 4.90 Å². The fourth-order valence-electron chi connectivity index (χ4n) is 3.66. The minimum atomic E-state index is -3.81. The highest BCUT2D eigenvalue weighted by molar-refractivity contribution is 7.89. The Labute approximate surface area is 163 Å². The lowest BCUT2D eigenvalue weighted by atomic mass is 10.0. The molecule has 0 bridgehead atoms. The number of esters is 1. The molecular formula is C19H22N2O4S2. The van der Waals surface area contributed by atoms with Crippen LogP contribution < -0.4 is 0 Å². The van der Waals surface area contributed by atoms with Crippen LogP contribution >= 0.6 is 11.3 Å². The van der Waals surface area contributed by atoms with Crippen molar-refractivity contribution in [2.75, 3.05) is 26.7 Å². The number of methoxy groups -OCH3 is 1. The van der Waals surface area contributed by atoms with Crippen molar-refractivity contribution < 1.29 is 17.9 Å². The molecule has 1 saturated heterocycles. The number of benzene rings is 1. The third-order valence-electron chi connectivity index (χ3n) is 5.20. The van der Waals surface area contributed by atoms with Crippen LogP contribution in [0.15, 0.2) is 46.7 Å². The predicted molar refractivity (Wildman–Crippen MR) is 103 cm³/mol. The topological polar surface area (TPSA) is 66.9 Å². The summed E-state index contributed by atoms with van der Waals surface area (Å²) in [5, 5.41) is 1.62. The summed E-state index contributed by atoms with van der Waals surface area (Å²) in [6, 6.07) is 11.5. The van der Waals surface area contributed by atoms with Gasteiger partial charge in [-0.25, -0.2) is 13.2 Å². The Morgan fingerprint density at radius 2 is 1.89 bits per heavy atom. The third-order valence-corrected chi connectivity index (χ3v) is 8.17. The summed E-state index contributed by atoms with van der Waals surface area (Å²) in [6.45, 7) is 1.80. The third kappa shape index (κ3) is 3.54. The van der Waals surface area contributed by atoms with Crippen molar-refractivity contribution in [2.45, 2.75) is 29.8 Å². The van der Waals surface area contributed by atoms with Crippen LogP contribution in [0.2, 0.25) is 0 Å². The van der Waals surface area contributed by atoms with Crippen molar-refractivity contribution in [2.24, 2.45) is 0 Å². The summed E-state index contributed by atoms with van der Waals surface area (Å²) in [6.07, 6.45) is 2.37. The van der Waals surface area contributed by atoms with E-state index in [1.165, 1.54) is 26.0 Å². The Hall–Kier alpha value is -1.74. The van der Waals surface area contributed by atoms with Crippen molar-refractivity contribution in [3.63, 3.8) is 0 Å². The Morgan fingerprint density at radius 3 is 2.56 bits per heavy atom. The number of thiophene rings is 1. The monoisotopic (exact) mass is 406 g/mol. The number of hydrogen-bond acceptors (Lipinski definition) is 6. The van der Waals surface area contributed by atoms with E-state index < -0.39 is 16.0 Å². The van der Waals surface area contributed by atoms with Gasteiger partial charge < -0.3 is 4.74 Å². The zero-order chi connectivity index (χ0) is 19.0. The molecule has 2 aliphatic rings. The number of nitrogens with zero attached hydrogens (tertiary/aromatic N) is 2. The van der Waals surface area contributed by atoms with Crippen LogP contribution in [0.4, 0.5) is 0 Å². The molecule has 2 fully saturated rings. The number of sulfonamides is 1. The van der Waals surface area contributed by atoms with Gasteiger partial charge in [0.2, 0.25) is 10.0 Å². The number of hydrogen-bond donors (Lipinski definition) is 0. The van der Waals surface area contributed by atoms with Crippen molar-refractivity contribution in [1.82, 2.24) is 9.21 Å². The normalized spacial score (nSPS) is 21.9. The number of carbonyl (C=O) groups is 1. The Bertz CT molecular complexity index is 922. The smallest absolute Gasteiger partial charge is 0.349 e. The number of carbonyl (C=O) groups excluding carboxylic acids is 1.